The summed E-state index contributed by atoms with van der Waals surface area (Å²) < 4.78 is 5.37. The third-order valence-corrected chi connectivity index (χ3v) is 5.02. The lowest BCUT2D eigenvalue weighted by Gasteiger charge is -2.19. The lowest BCUT2D eigenvalue weighted by atomic mass is 10.1. The minimum absolute atomic E-state index is 0.230. The molecular weight excluding hydrogens is 340 g/mol. The molecule has 0 unspecified atom stereocenters. The summed E-state index contributed by atoms with van der Waals surface area (Å²) in [5.74, 6) is -0.0104. The van der Waals surface area contributed by atoms with Crippen LogP contribution in [-0.4, -0.2) is 27.3 Å². The van der Waals surface area contributed by atoms with Crippen molar-refractivity contribution in [2.24, 2.45) is 0 Å². The van der Waals surface area contributed by atoms with Crippen molar-refractivity contribution in [3.8, 4) is 11.1 Å². The fraction of sp³-hybridized carbons (Fsp3) is 0.278. The van der Waals surface area contributed by atoms with Crippen LogP contribution in [0.3, 0.4) is 0 Å². The third-order valence-electron chi connectivity index (χ3n) is 3.17. The molecule has 1 aromatic carbocycles. The first-order valence-electron chi connectivity index (χ1n) is 7.56. The number of fused-ring (bicyclic) bond motifs is 1. The maximum atomic E-state index is 12.0. The van der Waals surface area contributed by atoms with E-state index in [1.165, 1.54) is 11.8 Å². The van der Waals surface area contributed by atoms with Gasteiger partial charge in [0, 0.05) is 10.9 Å². The molecule has 0 aliphatic carbocycles. The van der Waals surface area contributed by atoms with Gasteiger partial charge in [0.15, 0.2) is 0 Å². The standard InChI is InChI=1S/C18H18N2O2S2/c1-18(2,3)22-14(21)10-24-17-15-13(12-7-5-4-6-8-12)9-23-16(15)19-11-20-17/h4-9,11H,10H2,1-3H3. The number of thioether (sulfide) groups is 1. The summed E-state index contributed by atoms with van der Waals surface area (Å²) in [5, 5.41) is 3.90. The van der Waals surface area contributed by atoms with Crippen molar-refractivity contribution in [3.05, 3.63) is 42.0 Å². The molecule has 0 aliphatic rings. The van der Waals surface area contributed by atoms with Gasteiger partial charge in [0.05, 0.1) is 11.1 Å². The summed E-state index contributed by atoms with van der Waals surface area (Å²) in [6.45, 7) is 5.60. The predicted octanol–water partition coefficient (Wildman–Crippen LogP) is 4.79. The molecule has 0 saturated carbocycles. The number of carbonyl (C=O) groups excluding carboxylic acids is 1. The Kier molecular flexibility index (Phi) is 4.87. The number of carbonyl (C=O) groups is 1. The van der Waals surface area contributed by atoms with Crippen molar-refractivity contribution in [3.63, 3.8) is 0 Å². The van der Waals surface area contributed by atoms with Crippen LogP contribution in [0.15, 0.2) is 47.1 Å². The van der Waals surface area contributed by atoms with Crippen LogP contribution < -0.4 is 0 Å². The zero-order chi connectivity index (χ0) is 17.2. The van der Waals surface area contributed by atoms with E-state index >= 15 is 0 Å². The van der Waals surface area contributed by atoms with Crippen LogP contribution in [0, 0.1) is 0 Å². The summed E-state index contributed by atoms with van der Waals surface area (Å²) in [7, 11) is 0. The fourth-order valence-electron chi connectivity index (χ4n) is 2.29. The van der Waals surface area contributed by atoms with Crippen molar-refractivity contribution in [2.45, 2.75) is 31.4 Å². The van der Waals surface area contributed by atoms with Gasteiger partial charge in [-0.25, -0.2) is 9.97 Å². The zero-order valence-electron chi connectivity index (χ0n) is 13.8. The Balaban J connectivity index is 1.89. The van der Waals surface area contributed by atoms with Gasteiger partial charge in [0.1, 0.15) is 21.8 Å². The summed E-state index contributed by atoms with van der Waals surface area (Å²) in [4.78, 5) is 21.6. The number of aromatic nitrogens is 2. The topological polar surface area (TPSA) is 52.1 Å². The van der Waals surface area contributed by atoms with E-state index in [1.807, 2.05) is 39.0 Å². The molecule has 0 amide bonds. The molecule has 0 saturated heterocycles. The van der Waals surface area contributed by atoms with Crippen LogP contribution in [0.4, 0.5) is 0 Å². The van der Waals surface area contributed by atoms with Crippen molar-refractivity contribution in [1.29, 1.82) is 0 Å². The highest BCUT2D eigenvalue weighted by atomic mass is 32.2. The Morgan fingerprint density at radius 2 is 1.96 bits per heavy atom. The van der Waals surface area contributed by atoms with Crippen molar-refractivity contribution in [2.75, 3.05) is 5.75 Å². The number of thiophene rings is 1. The highest BCUT2D eigenvalue weighted by Gasteiger charge is 2.18. The quantitative estimate of drug-likeness (QED) is 0.381. The molecular formula is C18H18N2O2S2. The molecule has 0 fully saturated rings. The molecule has 3 aromatic rings. The lowest BCUT2D eigenvalue weighted by molar-refractivity contribution is -0.151. The van der Waals surface area contributed by atoms with Gasteiger partial charge in [-0.15, -0.1) is 11.3 Å². The molecule has 0 bridgehead atoms. The van der Waals surface area contributed by atoms with Gasteiger partial charge < -0.3 is 4.74 Å². The van der Waals surface area contributed by atoms with E-state index in [4.69, 9.17) is 4.74 Å². The third kappa shape index (κ3) is 3.94. The molecule has 24 heavy (non-hydrogen) atoms. The monoisotopic (exact) mass is 358 g/mol. The molecule has 3 rings (SSSR count). The second kappa shape index (κ2) is 6.91. The molecule has 0 aliphatic heterocycles. The van der Waals surface area contributed by atoms with E-state index in [9.17, 15) is 4.79 Å². The van der Waals surface area contributed by atoms with E-state index in [2.05, 4.69) is 27.5 Å². The van der Waals surface area contributed by atoms with Crippen LogP contribution >= 0.6 is 23.1 Å². The highest BCUT2D eigenvalue weighted by molar-refractivity contribution is 8.00. The van der Waals surface area contributed by atoms with Crippen LogP contribution in [0.25, 0.3) is 21.3 Å². The molecule has 2 aromatic heterocycles. The van der Waals surface area contributed by atoms with Crippen molar-refractivity contribution >= 4 is 39.3 Å². The first-order valence-corrected chi connectivity index (χ1v) is 9.43. The molecule has 124 valence electrons. The van der Waals surface area contributed by atoms with E-state index in [0.717, 1.165) is 26.4 Å². The second-order valence-electron chi connectivity index (χ2n) is 6.25. The fourth-order valence-corrected chi connectivity index (χ4v) is 4.05. The number of hydrogen-bond acceptors (Lipinski definition) is 6. The summed E-state index contributed by atoms with van der Waals surface area (Å²) in [6, 6.07) is 10.1. The van der Waals surface area contributed by atoms with Gasteiger partial charge in [-0.05, 0) is 26.3 Å². The second-order valence-corrected chi connectivity index (χ2v) is 8.07. The number of hydrogen-bond donors (Lipinski definition) is 0. The molecule has 4 nitrogen and oxygen atoms in total. The normalized spacial score (nSPS) is 11.6. The van der Waals surface area contributed by atoms with Crippen LogP contribution in [0.1, 0.15) is 20.8 Å². The lowest BCUT2D eigenvalue weighted by Crippen LogP contribution is -2.24. The SMILES string of the molecule is CC(C)(C)OC(=O)CSc1ncnc2scc(-c3ccccc3)c12. The van der Waals surface area contributed by atoms with Crippen molar-refractivity contribution in [1.82, 2.24) is 9.97 Å². The highest BCUT2D eigenvalue weighted by Crippen LogP contribution is 2.37. The summed E-state index contributed by atoms with van der Waals surface area (Å²) >= 11 is 2.98. The maximum absolute atomic E-state index is 12.0. The maximum Gasteiger partial charge on any atom is 0.316 e. The van der Waals surface area contributed by atoms with Gasteiger partial charge in [-0.1, -0.05) is 42.1 Å². The summed E-state index contributed by atoms with van der Waals surface area (Å²) in [5.41, 5.74) is 1.75. The number of ether oxygens (including phenoxy) is 1. The molecule has 0 radical (unpaired) electrons. The van der Waals surface area contributed by atoms with Crippen LogP contribution in [0.2, 0.25) is 0 Å². The minimum atomic E-state index is -0.476. The number of rotatable bonds is 4. The number of esters is 1. The largest absolute Gasteiger partial charge is 0.459 e. The average molecular weight is 358 g/mol. The van der Waals surface area contributed by atoms with E-state index in [1.54, 1.807) is 17.7 Å². The van der Waals surface area contributed by atoms with Crippen LogP contribution in [-0.2, 0) is 9.53 Å². The Bertz CT molecular complexity index is 854. The van der Waals surface area contributed by atoms with E-state index in [0.29, 0.717) is 0 Å². The van der Waals surface area contributed by atoms with Gasteiger partial charge in [0.2, 0.25) is 0 Å². The van der Waals surface area contributed by atoms with Crippen molar-refractivity contribution < 1.29 is 9.53 Å². The predicted molar refractivity (Wildman–Crippen MR) is 99.4 cm³/mol. The van der Waals surface area contributed by atoms with Gasteiger partial charge in [0.25, 0.3) is 0 Å². The van der Waals surface area contributed by atoms with E-state index < -0.39 is 5.60 Å². The Morgan fingerprint density at radius 1 is 1.21 bits per heavy atom. The molecule has 6 heteroatoms. The van der Waals surface area contributed by atoms with Gasteiger partial charge in [-0.3, -0.25) is 4.79 Å². The summed E-state index contributed by atoms with van der Waals surface area (Å²) in [6.07, 6.45) is 1.55. The molecule has 0 N–H and O–H groups in total. The number of nitrogens with zero attached hydrogens (tertiary/aromatic N) is 2. The first kappa shape index (κ1) is 16.9. The van der Waals surface area contributed by atoms with Gasteiger partial charge in [-0.2, -0.15) is 0 Å². The smallest absolute Gasteiger partial charge is 0.316 e. The molecule has 0 spiro atoms. The first-order chi connectivity index (χ1) is 11.4. The molecule has 2 heterocycles. The molecule has 0 atom stereocenters. The Morgan fingerprint density at radius 3 is 2.67 bits per heavy atom. The minimum Gasteiger partial charge on any atom is -0.459 e. The Labute approximate surface area is 149 Å². The van der Waals surface area contributed by atoms with E-state index in [-0.39, 0.29) is 11.7 Å². The zero-order valence-corrected chi connectivity index (χ0v) is 15.4. The Hall–Kier alpha value is -1.92. The van der Waals surface area contributed by atoms with Gasteiger partial charge >= 0.3 is 5.97 Å². The average Bonchev–Trinajstić information content (AvgIpc) is 2.97. The van der Waals surface area contributed by atoms with Crippen LogP contribution in [0.5, 0.6) is 0 Å². The number of benzene rings is 1.